The van der Waals surface area contributed by atoms with Crippen LogP contribution >= 0.6 is 0 Å². The Morgan fingerprint density at radius 1 is 1.35 bits per heavy atom. The van der Waals surface area contributed by atoms with Crippen molar-refractivity contribution in [3.8, 4) is 11.8 Å². The van der Waals surface area contributed by atoms with Gasteiger partial charge in [0.1, 0.15) is 11.8 Å². The fourth-order valence-electron chi connectivity index (χ4n) is 1.38. The quantitative estimate of drug-likeness (QED) is 0.783. The molecule has 106 valence electrons. The highest BCUT2D eigenvalue weighted by Gasteiger charge is 2.16. The number of nitrogens with zero attached hydrogens (tertiary/aromatic N) is 1. The fraction of sp³-hybridized carbons (Fsp3) is 0.357. The Hall–Kier alpha value is -2.55. The van der Waals surface area contributed by atoms with Crippen molar-refractivity contribution in [3.63, 3.8) is 0 Å². The van der Waals surface area contributed by atoms with Gasteiger partial charge in [-0.1, -0.05) is 0 Å². The van der Waals surface area contributed by atoms with E-state index in [0.717, 1.165) is 0 Å². The molecular weight excluding hydrogens is 260 g/mol. The van der Waals surface area contributed by atoms with Gasteiger partial charge in [0.25, 0.3) is 5.91 Å². The second-order valence-corrected chi connectivity index (χ2v) is 3.97. The molecule has 6 nitrogen and oxygen atoms in total. The molecule has 6 heteroatoms. The number of rotatable bonds is 6. The summed E-state index contributed by atoms with van der Waals surface area (Å²) < 4.78 is 10.0. The number of carbonyl (C=O) groups excluding carboxylic acids is 2. The van der Waals surface area contributed by atoms with Crippen LogP contribution in [0.25, 0.3) is 0 Å². The van der Waals surface area contributed by atoms with E-state index in [1.807, 2.05) is 6.07 Å². The molecule has 0 bridgehead atoms. The van der Waals surface area contributed by atoms with Gasteiger partial charge in [0.2, 0.25) is 0 Å². The van der Waals surface area contributed by atoms with Gasteiger partial charge in [0.15, 0.2) is 6.61 Å². The molecule has 0 saturated heterocycles. The van der Waals surface area contributed by atoms with Crippen molar-refractivity contribution >= 4 is 11.9 Å². The highest BCUT2D eigenvalue weighted by Crippen LogP contribution is 2.11. The third-order valence-corrected chi connectivity index (χ3v) is 2.37. The largest absolute Gasteiger partial charge is 0.484 e. The lowest BCUT2D eigenvalue weighted by Gasteiger charge is -2.13. The van der Waals surface area contributed by atoms with Gasteiger partial charge < -0.3 is 14.8 Å². The van der Waals surface area contributed by atoms with Crippen LogP contribution in [0.2, 0.25) is 0 Å². The smallest absolute Gasteiger partial charge is 0.328 e. The van der Waals surface area contributed by atoms with E-state index in [-0.39, 0.29) is 13.2 Å². The van der Waals surface area contributed by atoms with Crippen LogP contribution in [0, 0.1) is 11.3 Å². The van der Waals surface area contributed by atoms with Crippen molar-refractivity contribution in [2.24, 2.45) is 0 Å². The normalized spacial score (nSPS) is 11.1. The topological polar surface area (TPSA) is 88.4 Å². The number of esters is 1. The van der Waals surface area contributed by atoms with Crippen molar-refractivity contribution in [1.29, 1.82) is 5.26 Å². The van der Waals surface area contributed by atoms with Crippen LogP contribution in [0.1, 0.15) is 19.4 Å². The molecule has 0 aromatic heterocycles. The summed E-state index contributed by atoms with van der Waals surface area (Å²) >= 11 is 0. The van der Waals surface area contributed by atoms with Gasteiger partial charge in [-0.05, 0) is 38.1 Å². The lowest BCUT2D eigenvalue weighted by Crippen LogP contribution is -2.41. The third kappa shape index (κ3) is 4.98. The van der Waals surface area contributed by atoms with E-state index in [0.29, 0.717) is 11.3 Å². The predicted molar refractivity (Wildman–Crippen MR) is 70.9 cm³/mol. The van der Waals surface area contributed by atoms with Crippen molar-refractivity contribution in [3.05, 3.63) is 29.8 Å². The zero-order valence-corrected chi connectivity index (χ0v) is 11.4. The molecule has 20 heavy (non-hydrogen) atoms. The summed E-state index contributed by atoms with van der Waals surface area (Å²) in [5.74, 6) is -0.433. The molecule has 0 aliphatic rings. The maximum atomic E-state index is 11.6. The SMILES string of the molecule is CCOC(=O)C(C)NC(=O)COc1ccc(C#N)cc1. The zero-order chi connectivity index (χ0) is 15.0. The Morgan fingerprint density at radius 3 is 2.55 bits per heavy atom. The lowest BCUT2D eigenvalue weighted by molar-refractivity contribution is -0.147. The summed E-state index contributed by atoms with van der Waals surface area (Å²) in [7, 11) is 0. The average molecular weight is 276 g/mol. The summed E-state index contributed by atoms with van der Waals surface area (Å²) in [5.41, 5.74) is 0.512. The number of hydrogen-bond acceptors (Lipinski definition) is 5. The highest BCUT2D eigenvalue weighted by atomic mass is 16.5. The van der Waals surface area contributed by atoms with Crippen LogP contribution < -0.4 is 10.1 Å². The molecule has 0 radical (unpaired) electrons. The van der Waals surface area contributed by atoms with E-state index in [4.69, 9.17) is 14.7 Å². The maximum Gasteiger partial charge on any atom is 0.328 e. The summed E-state index contributed by atoms with van der Waals surface area (Å²) in [5, 5.41) is 11.1. The molecule has 1 atom stereocenters. The van der Waals surface area contributed by atoms with Crippen molar-refractivity contribution in [2.45, 2.75) is 19.9 Å². The first-order valence-corrected chi connectivity index (χ1v) is 6.15. The van der Waals surface area contributed by atoms with Crippen molar-refractivity contribution in [1.82, 2.24) is 5.32 Å². The summed E-state index contributed by atoms with van der Waals surface area (Å²) in [6.07, 6.45) is 0. The molecule has 0 saturated carbocycles. The maximum absolute atomic E-state index is 11.6. The number of nitriles is 1. The van der Waals surface area contributed by atoms with Gasteiger partial charge in [0.05, 0.1) is 18.2 Å². The minimum Gasteiger partial charge on any atom is -0.484 e. The van der Waals surface area contributed by atoms with Crippen LogP contribution in [-0.2, 0) is 14.3 Å². The molecule has 1 rings (SSSR count). The Labute approximate surface area is 117 Å². The number of ether oxygens (including phenoxy) is 2. The monoisotopic (exact) mass is 276 g/mol. The third-order valence-electron chi connectivity index (χ3n) is 2.37. The number of carbonyl (C=O) groups is 2. The first-order chi connectivity index (χ1) is 9.56. The number of hydrogen-bond donors (Lipinski definition) is 1. The Balaban J connectivity index is 2.39. The molecule has 0 spiro atoms. The number of benzene rings is 1. The van der Waals surface area contributed by atoms with Gasteiger partial charge in [0, 0.05) is 0 Å². The average Bonchev–Trinajstić information content (AvgIpc) is 2.45. The minimum atomic E-state index is -0.716. The molecule has 1 N–H and O–H groups in total. The Bertz CT molecular complexity index is 505. The fourth-order valence-corrected chi connectivity index (χ4v) is 1.38. The summed E-state index contributed by atoms with van der Waals surface area (Å²) in [4.78, 5) is 22.9. The molecular formula is C14H16N2O4. The Morgan fingerprint density at radius 2 is 2.00 bits per heavy atom. The van der Waals surface area contributed by atoms with E-state index < -0.39 is 17.9 Å². The van der Waals surface area contributed by atoms with E-state index in [1.54, 1.807) is 31.2 Å². The molecule has 1 aromatic rings. The van der Waals surface area contributed by atoms with Crippen molar-refractivity contribution in [2.75, 3.05) is 13.2 Å². The molecule has 0 aliphatic heterocycles. The molecule has 1 aromatic carbocycles. The lowest BCUT2D eigenvalue weighted by atomic mass is 10.2. The second-order valence-electron chi connectivity index (χ2n) is 3.97. The number of nitrogens with one attached hydrogen (secondary N) is 1. The summed E-state index contributed by atoms with van der Waals surface area (Å²) in [6, 6.07) is 7.65. The molecule has 0 fully saturated rings. The van der Waals surface area contributed by atoms with Crippen LogP contribution in [0.15, 0.2) is 24.3 Å². The van der Waals surface area contributed by atoms with Crippen LogP contribution in [0.4, 0.5) is 0 Å². The van der Waals surface area contributed by atoms with Gasteiger partial charge >= 0.3 is 5.97 Å². The molecule has 0 aliphatic carbocycles. The van der Waals surface area contributed by atoms with Gasteiger partial charge in [-0.3, -0.25) is 4.79 Å². The number of amides is 1. The van der Waals surface area contributed by atoms with E-state index in [2.05, 4.69) is 5.32 Å². The van der Waals surface area contributed by atoms with E-state index in [9.17, 15) is 9.59 Å². The van der Waals surface area contributed by atoms with Crippen molar-refractivity contribution < 1.29 is 19.1 Å². The first-order valence-electron chi connectivity index (χ1n) is 6.15. The van der Waals surface area contributed by atoms with Crippen LogP contribution in [-0.4, -0.2) is 31.1 Å². The molecule has 1 amide bonds. The van der Waals surface area contributed by atoms with Crippen LogP contribution in [0.5, 0.6) is 5.75 Å². The molecule has 1 unspecified atom stereocenters. The zero-order valence-electron chi connectivity index (χ0n) is 11.4. The minimum absolute atomic E-state index is 0.213. The summed E-state index contributed by atoms with van der Waals surface area (Å²) in [6.45, 7) is 3.29. The standard InChI is InChI=1S/C14H16N2O4/c1-3-19-14(18)10(2)16-13(17)9-20-12-6-4-11(8-15)5-7-12/h4-7,10H,3,9H2,1-2H3,(H,16,17). The van der Waals surface area contributed by atoms with Gasteiger partial charge in [-0.15, -0.1) is 0 Å². The first kappa shape index (κ1) is 15.5. The van der Waals surface area contributed by atoms with E-state index >= 15 is 0 Å². The highest BCUT2D eigenvalue weighted by molar-refractivity contribution is 5.84. The molecule has 0 heterocycles. The van der Waals surface area contributed by atoms with Crippen LogP contribution in [0.3, 0.4) is 0 Å². The predicted octanol–water partition coefficient (Wildman–Crippen LogP) is 1.00. The van der Waals surface area contributed by atoms with Gasteiger partial charge in [-0.25, -0.2) is 4.79 Å². The van der Waals surface area contributed by atoms with E-state index in [1.165, 1.54) is 6.92 Å². The second kappa shape index (κ2) is 7.79. The van der Waals surface area contributed by atoms with Gasteiger partial charge in [-0.2, -0.15) is 5.26 Å². The Kier molecular flexibility index (Phi) is 6.04.